The van der Waals surface area contributed by atoms with E-state index in [9.17, 15) is 4.79 Å². The van der Waals surface area contributed by atoms with Gasteiger partial charge in [0.05, 0.1) is 17.6 Å². The number of aromatic nitrogens is 3. The highest BCUT2D eigenvalue weighted by Gasteiger charge is 2.25. The van der Waals surface area contributed by atoms with Crippen molar-refractivity contribution in [3.63, 3.8) is 0 Å². The van der Waals surface area contributed by atoms with E-state index >= 15 is 0 Å². The maximum absolute atomic E-state index is 12.9. The molecule has 0 amide bonds. The first kappa shape index (κ1) is 22.1. The Kier molecular flexibility index (Phi) is 7.66. The average molecular weight is 411 g/mol. The van der Waals surface area contributed by atoms with Crippen LogP contribution in [0.15, 0.2) is 24.3 Å². The van der Waals surface area contributed by atoms with Crippen LogP contribution in [0.3, 0.4) is 0 Å². The minimum absolute atomic E-state index is 0.304. The molecule has 0 saturated carbocycles. The van der Waals surface area contributed by atoms with Crippen molar-refractivity contribution in [3.8, 4) is 0 Å². The zero-order chi connectivity index (χ0) is 21.5. The number of anilines is 1. The first-order valence-corrected chi connectivity index (χ1v) is 11.3. The second-order valence-corrected chi connectivity index (χ2v) is 8.18. The molecule has 1 atom stereocenters. The number of nitrogens with zero attached hydrogens (tertiary/aromatic N) is 3. The van der Waals surface area contributed by atoms with Gasteiger partial charge in [-0.2, -0.15) is 0 Å². The highest BCUT2D eigenvalue weighted by molar-refractivity contribution is 6.08. The SMILES string of the molecule is CCCCCCCCn1c(N)c(C(=O)OC[C@@H](C)CC)c2nc3ccccc3nc21. The quantitative estimate of drug-likeness (QED) is 0.322. The minimum atomic E-state index is -0.413. The topological polar surface area (TPSA) is 83.0 Å². The van der Waals surface area contributed by atoms with Crippen LogP contribution < -0.4 is 5.73 Å². The number of hydrogen-bond acceptors (Lipinski definition) is 5. The summed E-state index contributed by atoms with van der Waals surface area (Å²) in [4.78, 5) is 22.4. The van der Waals surface area contributed by atoms with Crippen molar-refractivity contribution < 1.29 is 9.53 Å². The van der Waals surface area contributed by atoms with Crippen LogP contribution in [-0.2, 0) is 11.3 Å². The lowest BCUT2D eigenvalue weighted by molar-refractivity contribution is 0.0450. The first-order valence-electron chi connectivity index (χ1n) is 11.3. The van der Waals surface area contributed by atoms with Gasteiger partial charge in [0.1, 0.15) is 16.9 Å². The molecule has 0 spiro atoms. The smallest absolute Gasteiger partial charge is 0.344 e. The molecular formula is C24H34N4O2. The van der Waals surface area contributed by atoms with E-state index in [2.05, 4.69) is 20.8 Å². The zero-order valence-corrected chi connectivity index (χ0v) is 18.5. The Morgan fingerprint density at radius 3 is 2.43 bits per heavy atom. The molecule has 30 heavy (non-hydrogen) atoms. The van der Waals surface area contributed by atoms with Crippen LogP contribution in [0.5, 0.6) is 0 Å². The Labute approximate surface area is 178 Å². The number of unbranched alkanes of at least 4 members (excludes halogenated alkanes) is 5. The lowest BCUT2D eigenvalue weighted by atomic mass is 10.1. The molecule has 0 saturated heterocycles. The van der Waals surface area contributed by atoms with Crippen LogP contribution in [0.4, 0.5) is 5.82 Å². The molecule has 1 aromatic carbocycles. The van der Waals surface area contributed by atoms with E-state index in [0.29, 0.717) is 35.1 Å². The maximum Gasteiger partial charge on any atom is 0.344 e. The summed E-state index contributed by atoms with van der Waals surface area (Å²) in [5.74, 6) is 0.297. The molecule has 162 valence electrons. The second-order valence-electron chi connectivity index (χ2n) is 8.18. The largest absolute Gasteiger partial charge is 0.462 e. The highest BCUT2D eigenvalue weighted by Crippen LogP contribution is 2.29. The van der Waals surface area contributed by atoms with E-state index in [0.717, 1.165) is 36.8 Å². The fraction of sp³-hybridized carbons (Fsp3) is 0.542. The Morgan fingerprint density at radius 1 is 1.07 bits per heavy atom. The molecule has 0 bridgehead atoms. The number of para-hydroxylation sites is 2. The maximum atomic E-state index is 12.9. The number of hydrogen-bond donors (Lipinski definition) is 1. The molecule has 0 aliphatic rings. The number of ether oxygens (including phenoxy) is 1. The Balaban J connectivity index is 1.92. The number of carbonyl (C=O) groups is 1. The third-order valence-corrected chi connectivity index (χ3v) is 5.73. The number of benzene rings is 1. The molecule has 0 aliphatic heterocycles. The average Bonchev–Trinajstić information content (AvgIpc) is 3.03. The number of nitrogen functional groups attached to an aromatic ring is 1. The van der Waals surface area contributed by atoms with Gasteiger partial charge in [-0.05, 0) is 24.5 Å². The van der Waals surface area contributed by atoms with Gasteiger partial charge >= 0.3 is 5.97 Å². The van der Waals surface area contributed by atoms with E-state index in [4.69, 9.17) is 20.4 Å². The molecule has 0 aliphatic carbocycles. The summed E-state index contributed by atoms with van der Waals surface area (Å²) < 4.78 is 7.50. The van der Waals surface area contributed by atoms with Gasteiger partial charge in [0.15, 0.2) is 5.65 Å². The van der Waals surface area contributed by atoms with Gasteiger partial charge < -0.3 is 15.0 Å². The third kappa shape index (κ3) is 4.91. The van der Waals surface area contributed by atoms with Crippen molar-refractivity contribution in [2.24, 2.45) is 5.92 Å². The number of aryl methyl sites for hydroxylation is 1. The summed E-state index contributed by atoms with van der Waals surface area (Å²) in [5.41, 5.74) is 9.55. The predicted molar refractivity (Wildman–Crippen MR) is 123 cm³/mol. The fourth-order valence-electron chi connectivity index (χ4n) is 3.60. The summed E-state index contributed by atoms with van der Waals surface area (Å²) in [6.07, 6.45) is 8.06. The Bertz CT molecular complexity index is 996. The number of carbonyl (C=O) groups excluding carboxylic acids is 1. The molecule has 6 nitrogen and oxygen atoms in total. The molecular weight excluding hydrogens is 376 g/mol. The Hall–Kier alpha value is -2.63. The van der Waals surface area contributed by atoms with Crippen molar-refractivity contribution >= 4 is 34.0 Å². The third-order valence-electron chi connectivity index (χ3n) is 5.73. The summed E-state index contributed by atoms with van der Waals surface area (Å²) >= 11 is 0. The van der Waals surface area contributed by atoms with Crippen LogP contribution in [0.2, 0.25) is 0 Å². The lowest BCUT2D eigenvalue weighted by Crippen LogP contribution is -2.14. The lowest BCUT2D eigenvalue weighted by Gasteiger charge is -2.10. The van der Waals surface area contributed by atoms with Crippen molar-refractivity contribution in [3.05, 3.63) is 29.8 Å². The molecule has 2 aromatic heterocycles. The van der Waals surface area contributed by atoms with Crippen molar-refractivity contribution in [2.75, 3.05) is 12.3 Å². The van der Waals surface area contributed by atoms with Gasteiger partial charge in [-0.15, -0.1) is 0 Å². The first-order chi connectivity index (χ1) is 14.6. The van der Waals surface area contributed by atoms with E-state index in [-0.39, 0.29) is 0 Å². The van der Waals surface area contributed by atoms with Crippen molar-refractivity contribution in [1.29, 1.82) is 0 Å². The van der Waals surface area contributed by atoms with E-state index in [1.54, 1.807) is 0 Å². The molecule has 0 unspecified atom stereocenters. The van der Waals surface area contributed by atoms with Crippen molar-refractivity contribution in [1.82, 2.24) is 14.5 Å². The van der Waals surface area contributed by atoms with Gasteiger partial charge in [-0.3, -0.25) is 0 Å². The van der Waals surface area contributed by atoms with Gasteiger partial charge in [-0.25, -0.2) is 14.8 Å². The zero-order valence-electron chi connectivity index (χ0n) is 18.5. The molecule has 0 radical (unpaired) electrons. The van der Waals surface area contributed by atoms with Gasteiger partial charge in [0.25, 0.3) is 0 Å². The number of nitrogens with two attached hydrogens (primary N) is 1. The highest BCUT2D eigenvalue weighted by atomic mass is 16.5. The molecule has 2 N–H and O–H groups in total. The number of esters is 1. The van der Waals surface area contributed by atoms with E-state index in [1.165, 1.54) is 25.7 Å². The summed E-state index contributed by atoms with van der Waals surface area (Å²) in [7, 11) is 0. The normalized spacial score (nSPS) is 12.5. The van der Waals surface area contributed by atoms with Gasteiger partial charge in [-0.1, -0.05) is 71.4 Å². The molecule has 0 fully saturated rings. The van der Waals surface area contributed by atoms with Crippen molar-refractivity contribution in [2.45, 2.75) is 72.3 Å². The van der Waals surface area contributed by atoms with Crippen LogP contribution in [-0.4, -0.2) is 27.1 Å². The monoisotopic (exact) mass is 410 g/mol. The summed E-state index contributed by atoms with van der Waals surface area (Å²) in [6.45, 7) is 7.46. The standard InChI is InChI=1S/C24H34N4O2/c1-4-6-7-8-9-12-15-28-22(25)20(24(29)30-16-17(3)5-2)21-23(28)27-19-14-11-10-13-18(19)26-21/h10-11,13-14,17H,4-9,12,15-16,25H2,1-3H3/t17-/m0/s1. The summed E-state index contributed by atoms with van der Waals surface area (Å²) in [5, 5.41) is 0. The van der Waals surface area contributed by atoms with Crippen LogP contribution in [0.1, 0.15) is 76.1 Å². The van der Waals surface area contributed by atoms with E-state index in [1.807, 2.05) is 28.8 Å². The number of fused-ring (bicyclic) bond motifs is 2. The molecule has 6 heteroatoms. The van der Waals surface area contributed by atoms with Crippen LogP contribution in [0, 0.1) is 5.92 Å². The van der Waals surface area contributed by atoms with E-state index < -0.39 is 5.97 Å². The Morgan fingerprint density at radius 2 is 1.73 bits per heavy atom. The van der Waals surface area contributed by atoms with Crippen LogP contribution in [0.25, 0.3) is 22.2 Å². The van der Waals surface area contributed by atoms with Gasteiger partial charge in [0, 0.05) is 6.54 Å². The molecule has 3 aromatic rings. The fourth-order valence-corrected chi connectivity index (χ4v) is 3.60. The number of rotatable bonds is 11. The minimum Gasteiger partial charge on any atom is -0.462 e. The molecule has 3 rings (SSSR count). The predicted octanol–water partition coefficient (Wildman–Crippen LogP) is 5.73. The summed E-state index contributed by atoms with van der Waals surface area (Å²) in [6, 6.07) is 7.69. The van der Waals surface area contributed by atoms with Crippen LogP contribution >= 0.6 is 0 Å². The van der Waals surface area contributed by atoms with Gasteiger partial charge in [0.2, 0.25) is 0 Å². The second kappa shape index (κ2) is 10.4. The molecule has 2 heterocycles.